The summed E-state index contributed by atoms with van der Waals surface area (Å²) in [4.78, 5) is 4.68. The van der Waals surface area contributed by atoms with Crippen molar-refractivity contribution in [2.24, 2.45) is 12.0 Å². The average Bonchev–Trinajstić information content (AvgIpc) is 3.02. The van der Waals surface area contributed by atoms with Gasteiger partial charge in [0.2, 0.25) is 0 Å². The first-order valence-electron chi connectivity index (χ1n) is 9.54. The molecule has 0 saturated carbocycles. The van der Waals surface area contributed by atoms with Crippen LogP contribution in [0.25, 0.3) is 0 Å². The molecule has 162 valence electrons. The van der Waals surface area contributed by atoms with Crippen molar-refractivity contribution < 1.29 is 4.74 Å². The van der Waals surface area contributed by atoms with Crippen molar-refractivity contribution >= 4 is 41.7 Å². The van der Waals surface area contributed by atoms with Crippen molar-refractivity contribution in [3.63, 3.8) is 0 Å². The van der Waals surface area contributed by atoms with Crippen molar-refractivity contribution in [2.75, 3.05) is 32.2 Å². The molecule has 2 N–H and O–H groups in total. The van der Waals surface area contributed by atoms with E-state index in [2.05, 4.69) is 57.2 Å². The number of guanidine groups is 1. The van der Waals surface area contributed by atoms with Gasteiger partial charge in [-0.2, -0.15) is 11.8 Å². The molecule has 7 nitrogen and oxygen atoms in total. The van der Waals surface area contributed by atoms with Crippen LogP contribution in [-0.4, -0.2) is 52.9 Å². The number of aromatic nitrogens is 3. The minimum Gasteiger partial charge on any atom is -0.496 e. The van der Waals surface area contributed by atoms with E-state index in [9.17, 15) is 0 Å². The molecule has 0 aliphatic rings. The number of hydrogen-bond acceptors (Lipinski definition) is 5. The van der Waals surface area contributed by atoms with Gasteiger partial charge in [-0.05, 0) is 55.9 Å². The highest BCUT2D eigenvalue weighted by Crippen LogP contribution is 2.19. The smallest absolute Gasteiger partial charge is 0.191 e. The van der Waals surface area contributed by atoms with Gasteiger partial charge in [0.1, 0.15) is 18.1 Å². The van der Waals surface area contributed by atoms with Crippen LogP contribution in [0.3, 0.4) is 0 Å². The molecular formula is C20H33IN6OS. The number of benzene rings is 1. The molecule has 29 heavy (non-hydrogen) atoms. The first kappa shape index (κ1) is 25.5. The fourth-order valence-corrected chi connectivity index (χ4v) is 3.11. The van der Waals surface area contributed by atoms with E-state index in [1.54, 1.807) is 7.11 Å². The minimum atomic E-state index is 0. The number of aliphatic imine (C=N–C) groups is 1. The van der Waals surface area contributed by atoms with Crippen molar-refractivity contribution in [1.82, 2.24) is 25.4 Å². The highest BCUT2D eigenvalue weighted by Gasteiger charge is 2.06. The summed E-state index contributed by atoms with van der Waals surface area (Å²) in [6.45, 7) is 6.17. The molecule has 0 atom stereocenters. The molecule has 0 amide bonds. The first-order chi connectivity index (χ1) is 13.5. The monoisotopic (exact) mass is 532 g/mol. The molecule has 0 bridgehead atoms. The molecule has 2 aromatic rings. The lowest BCUT2D eigenvalue weighted by Crippen LogP contribution is -2.39. The maximum Gasteiger partial charge on any atom is 0.191 e. The topological polar surface area (TPSA) is 76.4 Å². The third kappa shape index (κ3) is 8.41. The van der Waals surface area contributed by atoms with Crippen LogP contribution in [0, 0.1) is 13.8 Å². The Hall–Kier alpha value is -1.49. The van der Waals surface area contributed by atoms with Gasteiger partial charge in [0.15, 0.2) is 11.8 Å². The standard InChI is InChI=1S/C20H32N6OS.HI/c1-15-7-8-17(13-18(15)27-4)9-11-22-20(21-10-6-12-28-5)23-14-19-25-24-16(2)26(19)3;/h7-8,13H,6,9-12,14H2,1-5H3,(H2,21,22,23);1H. The summed E-state index contributed by atoms with van der Waals surface area (Å²) in [5.41, 5.74) is 2.39. The second-order valence-corrected chi connectivity index (χ2v) is 7.63. The number of rotatable bonds is 10. The van der Waals surface area contributed by atoms with E-state index in [4.69, 9.17) is 4.74 Å². The number of nitrogens with one attached hydrogen (secondary N) is 2. The minimum absolute atomic E-state index is 0. The van der Waals surface area contributed by atoms with Crippen LogP contribution >= 0.6 is 35.7 Å². The molecule has 1 aromatic carbocycles. The van der Waals surface area contributed by atoms with Crippen LogP contribution < -0.4 is 15.4 Å². The SMILES string of the molecule is COc1cc(CCNC(=NCc2nnc(C)n2C)NCCCSC)ccc1C.I. The number of halogens is 1. The number of ether oxygens (including phenoxy) is 1. The summed E-state index contributed by atoms with van der Waals surface area (Å²) >= 11 is 1.85. The number of nitrogens with zero attached hydrogens (tertiary/aromatic N) is 4. The maximum atomic E-state index is 5.42. The second-order valence-electron chi connectivity index (χ2n) is 6.64. The van der Waals surface area contributed by atoms with Gasteiger partial charge in [0.25, 0.3) is 0 Å². The van der Waals surface area contributed by atoms with E-state index in [-0.39, 0.29) is 24.0 Å². The van der Waals surface area contributed by atoms with Gasteiger partial charge in [-0.3, -0.25) is 0 Å². The van der Waals surface area contributed by atoms with Crippen LogP contribution in [-0.2, 0) is 20.0 Å². The van der Waals surface area contributed by atoms with Crippen molar-refractivity contribution in [3.8, 4) is 5.75 Å². The summed E-state index contributed by atoms with van der Waals surface area (Å²) in [7, 11) is 3.67. The number of thioether (sulfide) groups is 1. The van der Waals surface area contributed by atoms with E-state index in [0.717, 1.165) is 60.6 Å². The lowest BCUT2D eigenvalue weighted by atomic mass is 10.1. The van der Waals surface area contributed by atoms with Gasteiger partial charge < -0.3 is 19.9 Å². The molecule has 0 saturated heterocycles. The van der Waals surface area contributed by atoms with E-state index in [0.29, 0.717) is 6.54 Å². The Morgan fingerprint density at radius 3 is 2.62 bits per heavy atom. The molecule has 0 aliphatic heterocycles. The Morgan fingerprint density at radius 1 is 1.21 bits per heavy atom. The summed E-state index contributed by atoms with van der Waals surface area (Å²) in [5, 5.41) is 15.1. The molecule has 0 spiro atoms. The number of hydrogen-bond donors (Lipinski definition) is 2. The average molecular weight is 532 g/mol. The molecule has 0 unspecified atom stereocenters. The van der Waals surface area contributed by atoms with Gasteiger partial charge in [-0.25, -0.2) is 4.99 Å². The molecule has 0 aliphatic carbocycles. The van der Waals surface area contributed by atoms with Gasteiger partial charge in [-0.15, -0.1) is 34.2 Å². The predicted octanol–water partition coefficient (Wildman–Crippen LogP) is 3.09. The van der Waals surface area contributed by atoms with Crippen LogP contribution in [0.5, 0.6) is 5.75 Å². The fourth-order valence-electron chi connectivity index (χ4n) is 2.68. The lowest BCUT2D eigenvalue weighted by molar-refractivity contribution is 0.411. The maximum absolute atomic E-state index is 5.42. The van der Waals surface area contributed by atoms with Gasteiger partial charge in [0.05, 0.1) is 7.11 Å². The zero-order valence-electron chi connectivity index (χ0n) is 18.0. The summed E-state index contributed by atoms with van der Waals surface area (Å²) in [5.74, 6) is 4.61. The quantitative estimate of drug-likeness (QED) is 0.212. The van der Waals surface area contributed by atoms with Crippen LogP contribution in [0.15, 0.2) is 23.2 Å². The second kappa shape index (κ2) is 13.7. The zero-order valence-corrected chi connectivity index (χ0v) is 21.1. The Balaban J connectivity index is 0.00000420. The third-order valence-electron chi connectivity index (χ3n) is 4.56. The molecule has 1 aromatic heterocycles. The molecule has 9 heteroatoms. The van der Waals surface area contributed by atoms with Crippen LogP contribution in [0.4, 0.5) is 0 Å². The van der Waals surface area contributed by atoms with Crippen molar-refractivity contribution in [3.05, 3.63) is 41.0 Å². The van der Waals surface area contributed by atoms with Gasteiger partial charge in [-0.1, -0.05) is 12.1 Å². The Kier molecular flexibility index (Phi) is 12.1. The third-order valence-corrected chi connectivity index (χ3v) is 5.25. The summed E-state index contributed by atoms with van der Waals surface area (Å²) in [6.07, 6.45) is 4.12. The molecule has 1 heterocycles. The Bertz CT molecular complexity index is 780. The van der Waals surface area contributed by atoms with E-state index >= 15 is 0 Å². The summed E-state index contributed by atoms with van der Waals surface area (Å²) in [6, 6.07) is 6.34. The highest BCUT2D eigenvalue weighted by molar-refractivity contribution is 14.0. The molecule has 0 fully saturated rings. The van der Waals surface area contributed by atoms with Crippen molar-refractivity contribution in [2.45, 2.75) is 33.2 Å². The van der Waals surface area contributed by atoms with Gasteiger partial charge in [0, 0.05) is 20.1 Å². The van der Waals surface area contributed by atoms with E-state index in [1.165, 1.54) is 5.56 Å². The molecule has 0 radical (unpaired) electrons. The Labute approximate surface area is 195 Å². The lowest BCUT2D eigenvalue weighted by Gasteiger charge is -2.13. The first-order valence-corrected chi connectivity index (χ1v) is 10.9. The van der Waals surface area contributed by atoms with Crippen LogP contribution in [0.1, 0.15) is 29.2 Å². The van der Waals surface area contributed by atoms with Gasteiger partial charge >= 0.3 is 0 Å². The summed E-state index contributed by atoms with van der Waals surface area (Å²) < 4.78 is 7.38. The van der Waals surface area contributed by atoms with Crippen LogP contribution in [0.2, 0.25) is 0 Å². The highest BCUT2D eigenvalue weighted by atomic mass is 127. The molecular weight excluding hydrogens is 499 g/mol. The Morgan fingerprint density at radius 2 is 1.97 bits per heavy atom. The number of methoxy groups -OCH3 is 1. The predicted molar refractivity (Wildman–Crippen MR) is 133 cm³/mol. The molecule has 2 rings (SSSR count). The number of aryl methyl sites for hydroxylation is 2. The van der Waals surface area contributed by atoms with Crippen molar-refractivity contribution in [1.29, 1.82) is 0 Å². The van der Waals surface area contributed by atoms with E-state index < -0.39 is 0 Å². The van der Waals surface area contributed by atoms with E-state index in [1.807, 2.05) is 30.3 Å². The normalized spacial score (nSPS) is 11.1. The zero-order chi connectivity index (χ0) is 20.4. The largest absolute Gasteiger partial charge is 0.496 e. The fraction of sp³-hybridized carbons (Fsp3) is 0.550.